The van der Waals surface area contributed by atoms with Crippen molar-refractivity contribution in [3.05, 3.63) is 50.4 Å². The van der Waals surface area contributed by atoms with Gasteiger partial charge in [0.1, 0.15) is 0 Å². The van der Waals surface area contributed by atoms with Gasteiger partial charge in [-0.3, -0.25) is 0 Å². The number of nitrogens with one attached hydrogen (secondary N) is 1. The van der Waals surface area contributed by atoms with Crippen LogP contribution in [0.2, 0.25) is 0 Å². The first-order chi connectivity index (χ1) is 8.20. The van der Waals surface area contributed by atoms with Gasteiger partial charge in [-0.25, -0.2) is 4.98 Å². The molecule has 1 heterocycles. The van der Waals surface area contributed by atoms with E-state index in [2.05, 4.69) is 51.4 Å². The molecule has 2 rings (SSSR count). The summed E-state index contributed by atoms with van der Waals surface area (Å²) in [6, 6.07) is 8.67. The third-order valence-corrected chi connectivity index (χ3v) is 4.68. The van der Waals surface area contributed by atoms with Crippen LogP contribution in [0.25, 0.3) is 0 Å². The zero-order valence-electron chi connectivity index (χ0n) is 9.90. The molecular formula is C13H15BrN2S. The molecule has 0 aliphatic rings. The maximum Gasteiger partial charge on any atom is 0.0972 e. The topological polar surface area (TPSA) is 24.9 Å². The molecule has 0 saturated carbocycles. The van der Waals surface area contributed by atoms with E-state index >= 15 is 0 Å². The molecule has 90 valence electrons. The first-order valence-electron chi connectivity index (χ1n) is 5.56. The fourth-order valence-corrected chi connectivity index (χ4v) is 2.98. The summed E-state index contributed by atoms with van der Waals surface area (Å²) >= 11 is 5.34. The van der Waals surface area contributed by atoms with E-state index in [4.69, 9.17) is 0 Å². The number of thiazole rings is 1. The minimum Gasteiger partial charge on any atom is -0.312 e. The summed E-state index contributed by atoms with van der Waals surface area (Å²) in [5.41, 5.74) is 1.28. The number of benzene rings is 1. The molecule has 2 nitrogen and oxygen atoms in total. The van der Waals surface area contributed by atoms with E-state index in [1.807, 2.05) is 19.3 Å². The Hall–Kier alpha value is -0.710. The summed E-state index contributed by atoms with van der Waals surface area (Å²) in [6.45, 7) is 2.15. The van der Waals surface area contributed by atoms with Gasteiger partial charge in [0.05, 0.1) is 5.01 Å². The zero-order chi connectivity index (χ0) is 12.3. The standard InChI is InChI=1S/C13H15BrN2S/c1-9(15-2)12-8-16-13(17-12)7-10-5-3-4-6-11(10)14/h3-6,8-9,15H,7H2,1-2H3. The van der Waals surface area contributed by atoms with E-state index in [-0.39, 0.29) is 0 Å². The Labute approximate surface area is 114 Å². The van der Waals surface area contributed by atoms with Gasteiger partial charge in [-0.2, -0.15) is 0 Å². The van der Waals surface area contributed by atoms with Crippen molar-refractivity contribution in [2.75, 3.05) is 7.05 Å². The van der Waals surface area contributed by atoms with Crippen molar-refractivity contribution in [1.29, 1.82) is 0 Å². The molecule has 0 aliphatic carbocycles. The molecule has 0 bridgehead atoms. The molecule has 1 unspecified atom stereocenters. The molecule has 0 aliphatic heterocycles. The quantitative estimate of drug-likeness (QED) is 0.929. The van der Waals surface area contributed by atoms with Gasteiger partial charge in [-0.1, -0.05) is 34.1 Å². The molecule has 1 N–H and O–H groups in total. The van der Waals surface area contributed by atoms with Gasteiger partial charge in [0.25, 0.3) is 0 Å². The van der Waals surface area contributed by atoms with Gasteiger partial charge in [-0.15, -0.1) is 11.3 Å². The van der Waals surface area contributed by atoms with Crippen LogP contribution in [0.1, 0.15) is 28.4 Å². The van der Waals surface area contributed by atoms with Crippen LogP contribution < -0.4 is 5.32 Å². The first kappa shape index (κ1) is 12.7. The summed E-state index contributed by atoms with van der Waals surface area (Å²) in [4.78, 5) is 5.77. The first-order valence-corrected chi connectivity index (χ1v) is 7.17. The van der Waals surface area contributed by atoms with Crippen molar-refractivity contribution < 1.29 is 0 Å². The Morgan fingerprint density at radius 2 is 2.18 bits per heavy atom. The Morgan fingerprint density at radius 3 is 2.88 bits per heavy atom. The highest BCUT2D eigenvalue weighted by Gasteiger charge is 2.09. The molecule has 1 atom stereocenters. The molecule has 0 spiro atoms. The Balaban J connectivity index is 2.14. The molecular weight excluding hydrogens is 296 g/mol. The maximum absolute atomic E-state index is 4.48. The van der Waals surface area contributed by atoms with Crippen molar-refractivity contribution in [1.82, 2.24) is 10.3 Å². The van der Waals surface area contributed by atoms with Gasteiger partial charge < -0.3 is 5.32 Å². The summed E-state index contributed by atoms with van der Waals surface area (Å²) < 4.78 is 1.15. The van der Waals surface area contributed by atoms with Gasteiger partial charge in [0, 0.05) is 28.0 Å². The van der Waals surface area contributed by atoms with Gasteiger partial charge in [0.15, 0.2) is 0 Å². The van der Waals surface area contributed by atoms with Crippen LogP contribution in [0.3, 0.4) is 0 Å². The van der Waals surface area contributed by atoms with E-state index in [1.165, 1.54) is 10.4 Å². The van der Waals surface area contributed by atoms with Crippen LogP contribution in [0.5, 0.6) is 0 Å². The molecule has 1 aromatic heterocycles. The van der Waals surface area contributed by atoms with Crippen LogP contribution in [-0.2, 0) is 6.42 Å². The molecule has 0 radical (unpaired) electrons. The van der Waals surface area contributed by atoms with E-state index in [0.717, 1.165) is 15.9 Å². The molecule has 1 aromatic carbocycles. The number of rotatable bonds is 4. The van der Waals surface area contributed by atoms with Gasteiger partial charge in [-0.05, 0) is 25.6 Å². The minimum absolute atomic E-state index is 0.375. The molecule has 17 heavy (non-hydrogen) atoms. The van der Waals surface area contributed by atoms with E-state index < -0.39 is 0 Å². The van der Waals surface area contributed by atoms with Crippen molar-refractivity contribution in [3.63, 3.8) is 0 Å². The van der Waals surface area contributed by atoms with Crippen LogP contribution in [0, 0.1) is 0 Å². The summed E-state index contributed by atoms with van der Waals surface area (Å²) in [5, 5.41) is 4.39. The van der Waals surface area contributed by atoms with E-state index in [1.54, 1.807) is 11.3 Å². The number of nitrogens with zero attached hydrogens (tertiary/aromatic N) is 1. The zero-order valence-corrected chi connectivity index (χ0v) is 12.3. The van der Waals surface area contributed by atoms with Crippen molar-refractivity contribution >= 4 is 27.3 Å². The van der Waals surface area contributed by atoms with Crippen molar-refractivity contribution in [2.24, 2.45) is 0 Å². The lowest BCUT2D eigenvalue weighted by molar-refractivity contribution is 0.662. The second-order valence-corrected chi connectivity index (χ2v) is 5.94. The van der Waals surface area contributed by atoms with Crippen LogP contribution >= 0.6 is 27.3 Å². The lowest BCUT2D eigenvalue weighted by Gasteiger charge is -2.05. The molecule has 2 aromatic rings. The van der Waals surface area contributed by atoms with Crippen LogP contribution in [0.15, 0.2) is 34.9 Å². The average molecular weight is 311 g/mol. The molecule has 0 fully saturated rings. The van der Waals surface area contributed by atoms with Gasteiger partial charge >= 0.3 is 0 Å². The Morgan fingerprint density at radius 1 is 1.41 bits per heavy atom. The average Bonchev–Trinajstić information content (AvgIpc) is 2.80. The van der Waals surface area contributed by atoms with E-state index in [9.17, 15) is 0 Å². The highest BCUT2D eigenvalue weighted by Crippen LogP contribution is 2.25. The molecule has 0 saturated heterocycles. The normalized spacial score (nSPS) is 12.6. The SMILES string of the molecule is CNC(C)c1cnc(Cc2ccccc2Br)s1. The fraction of sp³-hybridized carbons (Fsp3) is 0.308. The summed E-state index contributed by atoms with van der Waals surface area (Å²) in [5.74, 6) is 0. The number of aromatic nitrogens is 1. The van der Waals surface area contributed by atoms with Crippen molar-refractivity contribution in [3.8, 4) is 0 Å². The summed E-state index contributed by atoms with van der Waals surface area (Å²) in [7, 11) is 1.97. The second-order valence-electron chi connectivity index (χ2n) is 3.93. The third-order valence-electron chi connectivity index (χ3n) is 2.73. The highest BCUT2D eigenvalue weighted by atomic mass is 79.9. The second kappa shape index (κ2) is 5.76. The smallest absolute Gasteiger partial charge is 0.0972 e. The van der Waals surface area contributed by atoms with E-state index in [0.29, 0.717) is 6.04 Å². The third kappa shape index (κ3) is 3.15. The van der Waals surface area contributed by atoms with Crippen LogP contribution in [0.4, 0.5) is 0 Å². The maximum atomic E-state index is 4.48. The molecule has 0 amide bonds. The highest BCUT2D eigenvalue weighted by molar-refractivity contribution is 9.10. The number of halogens is 1. The van der Waals surface area contributed by atoms with Crippen molar-refractivity contribution in [2.45, 2.75) is 19.4 Å². The number of hydrogen-bond acceptors (Lipinski definition) is 3. The molecule has 4 heteroatoms. The van der Waals surface area contributed by atoms with Gasteiger partial charge in [0.2, 0.25) is 0 Å². The summed E-state index contributed by atoms with van der Waals surface area (Å²) in [6.07, 6.45) is 2.86. The Kier molecular flexibility index (Phi) is 4.31. The lowest BCUT2D eigenvalue weighted by Crippen LogP contribution is -2.10. The predicted molar refractivity (Wildman–Crippen MR) is 76.5 cm³/mol. The number of hydrogen-bond donors (Lipinski definition) is 1. The monoisotopic (exact) mass is 310 g/mol. The minimum atomic E-state index is 0.375. The fourth-order valence-electron chi connectivity index (χ4n) is 1.55. The van der Waals surface area contributed by atoms with Crippen LogP contribution in [-0.4, -0.2) is 12.0 Å². The lowest BCUT2D eigenvalue weighted by atomic mass is 10.2. The Bertz CT molecular complexity index is 496. The largest absolute Gasteiger partial charge is 0.312 e. The predicted octanol–water partition coefficient (Wildman–Crippen LogP) is 3.78.